The van der Waals surface area contributed by atoms with Gasteiger partial charge in [0.25, 0.3) is 5.91 Å². The van der Waals surface area contributed by atoms with Crippen LogP contribution in [0.4, 0.5) is 11.5 Å². The van der Waals surface area contributed by atoms with Gasteiger partial charge in [0.2, 0.25) is 0 Å². The van der Waals surface area contributed by atoms with E-state index in [2.05, 4.69) is 15.3 Å². The van der Waals surface area contributed by atoms with E-state index in [9.17, 15) is 4.79 Å². The Morgan fingerprint density at radius 3 is 2.40 bits per heavy atom. The number of benzene rings is 2. The van der Waals surface area contributed by atoms with Crippen molar-refractivity contribution < 1.29 is 4.79 Å². The number of hydrogen-bond acceptors (Lipinski definition) is 4. The van der Waals surface area contributed by atoms with E-state index in [-0.39, 0.29) is 5.91 Å². The first-order valence-electron chi connectivity index (χ1n) is 7.77. The molecule has 0 fully saturated rings. The average molecular weight is 353 g/mol. The molecule has 126 valence electrons. The Bertz CT molecular complexity index is 836. The Balaban J connectivity index is 1.63. The fraction of sp³-hybridized carbons (Fsp3) is 0.105. The third kappa shape index (κ3) is 4.33. The van der Waals surface area contributed by atoms with Crippen molar-refractivity contribution in [3.8, 4) is 0 Å². The van der Waals surface area contributed by atoms with E-state index in [1.165, 1.54) is 6.20 Å². The second-order valence-corrected chi connectivity index (χ2v) is 5.90. The molecule has 1 heterocycles. The Hall–Kier alpha value is -2.92. The van der Waals surface area contributed by atoms with E-state index in [4.69, 9.17) is 11.6 Å². The van der Waals surface area contributed by atoms with Gasteiger partial charge in [-0.15, -0.1) is 0 Å². The Morgan fingerprint density at radius 1 is 1.04 bits per heavy atom. The molecule has 0 atom stereocenters. The smallest absolute Gasteiger partial charge is 0.278 e. The van der Waals surface area contributed by atoms with Gasteiger partial charge in [-0.2, -0.15) is 0 Å². The van der Waals surface area contributed by atoms with Gasteiger partial charge >= 0.3 is 0 Å². The van der Waals surface area contributed by atoms with Crippen LogP contribution in [0.15, 0.2) is 67.0 Å². The minimum Gasteiger partial charge on any atom is -0.365 e. The van der Waals surface area contributed by atoms with Crippen molar-refractivity contribution in [3.05, 3.63) is 83.3 Å². The lowest BCUT2D eigenvalue weighted by atomic mass is 10.2. The first kappa shape index (κ1) is 16.9. The van der Waals surface area contributed by atoms with Crippen LogP contribution in [0, 0.1) is 0 Å². The van der Waals surface area contributed by atoms with Crippen molar-refractivity contribution in [2.24, 2.45) is 0 Å². The first-order valence-corrected chi connectivity index (χ1v) is 8.15. The third-order valence-electron chi connectivity index (χ3n) is 3.71. The number of hydrogen-bond donors (Lipinski definition) is 1. The molecule has 0 spiro atoms. The maximum atomic E-state index is 12.5. The molecule has 0 saturated heterocycles. The molecule has 25 heavy (non-hydrogen) atoms. The van der Waals surface area contributed by atoms with Gasteiger partial charge in [0.05, 0.1) is 12.4 Å². The van der Waals surface area contributed by atoms with Gasteiger partial charge in [0.1, 0.15) is 11.5 Å². The van der Waals surface area contributed by atoms with E-state index in [1.54, 1.807) is 18.1 Å². The van der Waals surface area contributed by atoms with Crippen molar-refractivity contribution >= 4 is 29.0 Å². The van der Waals surface area contributed by atoms with Crippen molar-refractivity contribution in [3.63, 3.8) is 0 Å². The monoisotopic (exact) mass is 352 g/mol. The topological polar surface area (TPSA) is 58.1 Å². The number of carbonyl (C=O) groups is 1. The van der Waals surface area contributed by atoms with Gasteiger partial charge in [-0.25, -0.2) is 9.97 Å². The van der Waals surface area contributed by atoms with Crippen LogP contribution in [0.5, 0.6) is 0 Å². The lowest BCUT2D eigenvalue weighted by Crippen LogP contribution is -2.27. The molecule has 0 aliphatic carbocycles. The van der Waals surface area contributed by atoms with Gasteiger partial charge in [0, 0.05) is 24.3 Å². The SMILES string of the molecule is CN(C(=O)c1cnc(NCc2ccc(Cl)cc2)cn1)c1ccccc1. The number of rotatable bonds is 5. The molecular weight excluding hydrogens is 336 g/mol. The molecule has 5 nitrogen and oxygen atoms in total. The molecule has 0 radical (unpaired) electrons. The molecule has 1 amide bonds. The highest BCUT2D eigenvalue weighted by atomic mass is 35.5. The minimum atomic E-state index is -0.206. The highest BCUT2D eigenvalue weighted by molar-refractivity contribution is 6.30. The number of para-hydroxylation sites is 1. The van der Waals surface area contributed by atoms with Crippen molar-refractivity contribution in [1.29, 1.82) is 0 Å². The summed E-state index contributed by atoms with van der Waals surface area (Å²) in [4.78, 5) is 22.5. The summed E-state index contributed by atoms with van der Waals surface area (Å²) in [5, 5.41) is 3.87. The van der Waals surface area contributed by atoms with Crippen LogP contribution < -0.4 is 10.2 Å². The predicted octanol–water partition coefficient (Wildman–Crippen LogP) is 4.02. The van der Waals surface area contributed by atoms with Crippen LogP contribution in [-0.2, 0) is 6.54 Å². The third-order valence-corrected chi connectivity index (χ3v) is 3.96. The number of halogens is 1. The van der Waals surface area contributed by atoms with Gasteiger partial charge in [-0.05, 0) is 29.8 Å². The zero-order chi connectivity index (χ0) is 17.6. The van der Waals surface area contributed by atoms with Gasteiger partial charge < -0.3 is 10.2 Å². The summed E-state index contributed by atoms with van der Waals surface area (Å²) in [6.07, 6.45) is 3.04. The summed E-state index contributed by atoms with van der Waals surface area (Å²) >= 11 is 5.87. The lowest BCUT2D eigenvalue weighted by Gasteiger charge is -2.16. The number of carbonyl (C=O) groups excluding carboxylic acids is 1. The molecule has 1 aromatic heterocycles. The second-order valence-electron chi connectivity index (χ2n) is 5.47. The first-order chi connectivity index (χ1) is 12.1. The Morgan fingerprint density at radius 2 is 1.76 bits per heavy atom. The van der Waals surface area contributed by atoms with Crippen LogP contribution in [-0.4, -0.2) is 22.9 Å². The zero-order valence-electron chi connectivity index (χ0n) is 13.7. The molecular formula is C19H17ClN4O. The van der Waals surface area contributed by atoms with Crippen molar-refractivity contribution in [1.82, 2.24) is 9.97 Å². The summed E-state index contributed by atoms with van der Waals surface area (Å²) in [5.74, 6) is 0.400. The van der Waals surface area contributed by atoms with E-state index < -0.39 is 0 Å². The highest BCUT2D eigenvalue weighted by Gasteiger charge is 2.15. The fourth-order valence-corrected chi connectivity index (χ4v) is 2.39. The van der Waals surface area contributed by atoms with Gasteiger partial charge in [-0.1, -0.05) is 41.9 Å². The summed E-state index contributed by atoms with van der Waals surface area (Å²) < 4.78 is 0. The maximum Gasteiger partial charge on any atom is 0.278 e. The normalized spacial score (nSPS) is 10.3. The molecule has 0 aliphatic heterocycles. The summed E-state index contributed by atoms with van der Waals surface area (Å²) in [7, 11) is 1.71. The van der Waals surface area contributed by atoms with Gasteiger partial charge in [-0.3, -0.25) is 4.79 Å². The summed E-state index contributed by atoms with van der Waals surface area (Å²) in [6.45, 7) is 0.600. The van der Waals surface area contributed by atoms with Crippen LogP contribution in [0.25, 0.3) is 0 Å². The fourth-order valence-electron chi connectivity index (χ4n) is 2.27. The van der Waals surface area contributed by atoms with Crippen molar-refractivity contribution in [2.45, 2.75) is 6.54 Å². The van der Waals surface area contributed by atoms with Crippen LogP contribution in [0.1, 0.15) is 16.1 Å². The molecule has 0 saturated carbocycles. The van der Waals surface area contributed by atoms with E-state index in [1.807, 2.05) is 54.6 Å². The largest absolute Gasteiger partial charge is 0.365 e. The summed E-state index contributed by atoms with van der Waals surface area (Å²) in [6, 6.07) is 17.0. The highest BCUT2D eigenvalue weighted by Crippen LogP contribution is 2.14. The maximum absolute atomic E-state index is 12.5. The van der Waals surface area contributed by atoms with Crippen molar-refractivity contribution in [2.75, 3.05) is 17.3 Å². The summed E-state index contributed by atoms with van der Waals surface area (Å²) in [5.41, 5.74) is 2.18. The zero-order valence-corrected chi connectivity index (χ0v) is 14.4. The van der Waals surface area contributed by atoms with E-state index in [0.29, 0.717) is 23.1 Å². The molecule has 2 aromatic carbocycles. The molecule has 0 unspecified atom stereocenters. The standard InChI is InChI=1S/C19H17ClN4O/c1-24(16-5-3-2-4-6-16)19(25)17-12-23-18(13-21-17)22-11-14-7-9-15(20)10-8-14/h2-10,12-13H,11H2,1H3,(H,22,23). The average Bonchev–Trinajstić information content (AvgIpc) is 2.67. The number of amides is 1. The molecule has 3 aromatic rings. The number of nitrogens with zero attached hydrogens (tertiary/aromatic N) is 3. The number of anilines is 2. The molecule has 0 bridgehead atoms. The van der Waals surface area contributed by atoms with Gasteiger partial charge in [0.15, 0.2) is 0 Å². The predicted molar refractivity (Wildman–Crippen MR) is 100.0 cm³/mol. The van der Waals surface area contributed by atoms with E-state index in [0.717, 1.165) is 11.3 Å². The van der Waals surface area contributed by atoms with E-state index >= 15 is 0 Å². The molecule has 0 aliphatic rings. The minimum absolute atomic E-state index is 0.206. The Labute approximate surface area is 151 Å². The lowest BCUT2D eigenvalue weighted by molar-refractivity contribution is 0.0988. The molecule has 3 rings (SSSR count). The molecule has 6 heteroatoms. The molecule has 1 N–H and O–H groups in total. The van der Waals surface area contributed by atoms with Crippen LogP contribution in [0.3, 0.4) is 0 Å². The number of aromatic nitrogens is 2. The number of nitrogens with one attached hydrogen (secondary N) is 1. The quantitative estimate of drug-likeness (QED) is 0.753. The second kappa shape index (κ2) is 7.77. The van der Waals surface area contributed by atoms with Crippen LogP contribution in [0.2, 0.25) is 5.02 Å². The Kier molecular flexibility index (Phi) is 5.26. The van der Waals surface area contributed by atoms with Crippen LogP contribution >= 0.6 is 11.6 Å².